The van der Waals surface area contributed by atoms with Crippen molar-refractivity contribution in [3.8, 4) is 0 Å². The summed E-state index contributed by atoms with van der Waals surface area (Å²) in [6.07, 6.45) is 1.03. The average Bonchev–Trinajstić information content (AvgIpc) is 2.90. The van der Waals surface area contributed by atoms with Crippen LogP contribution in [0.3, 0.4) is 0 Å². The van der Waals surface area contributed by atoms with Crippen LogP contribution in [0.2, 0.25) is 0 Å². The molecule has 0 radical (unpaired) electrons. The lowest BCUT2D eigenvalue weighted by Crippen LogP contribution is -2.50. The molecule has 2 rings (SSSR count). The van der Waals surface area contributed by atoms with Gasteiger partial charge in [-0.3, -0.25) is 4.79 Å². The van der Waals surface area contributed by atoms with Gasteiger partial charge in [0.1, 0.15) is 5.54 Å². The third kappa shape index (κ3) is 2.96. The van der Waals surface area contributed by atoms with E-state index in [2.05, 4.69) is 0 Å². The highest BCUT2D eigenvalue weighted by atomic mass is 32.2. The number of likely N-dealkylation sites (tertiary alicyclic amines) is 1. The van der Waals surface area contributed by atoms with Crippen LogP contribution in [0.4, 0.5) is 0 Å². The highest BCUT2D eigenvalue weighted by Gasteiger charge is 2.46. The van der Waals surface area contributed by atoms with E-state index in [4.69, 9.17) is 0 Å². The SMILES string of the molecule is CN(C)S(=O)(=O)c1ccc(C(=O)N2CCCC2(C)C(=O)O)cc1. The summed E-state index contributed by atoms with van der Waals surface area (Å²) in [7, 11) is -0.705. The molecule has 0 aromatic heterocycles. The zero-order valence-electron chi connectivity index (χ0n) is 13.3. The van der Waals surface area contributed by atoms with Crippen molar-refractivity contribution in [2.75, 3.05) is 20.6 Å². The predicted molar refractivity (Wildman–Crippen MR) is 83.6 cm³/mol. The Morgan fingerprint density at radius 2 is 1.78 bits per heavy atom. The van der Waals surface area contributed by atoms with E-state index < -0.39 is 27.4 Å². The molecule has 1 unspecified atom stereocenters. The van der Waals surface area contributed by atoms with Crippen molar-refractivity contribution in [2.45, 2.75) is 30.2 Å². The Morgan fingerprint density at radius 3 is 2.26 bits per heavy atom. The minimum absolute atomic E-state index is 0.0847. The largest absolute Gasteiger partial charge is 0.480 e. The summed E-state index contributed by atoms with van der Waals surface area (Å²) in [5, 5.41) is 9.37. The van der Waals surface area contributed by atoms with Crippen molar-refractivity contribution in [1.29, 1.82) is 0 Å². The van der Waals surface area contributed by atoms with Crippen LogP contribution >= 0.6 is 0 Å². The first-order valence-corrected chi connectivity index (χ1v) is 8.62. The lowest BCUT2D eigenvalue weighted by molar-refractivity contribution is -0.147. The van der Waals surface area contributed by atoms with Crippen LogP contribution in [-0.2, 0) is 14.8 Å². The van der Waals surface area contributed by atoms with E-state index >= 15 is 0 Å². The number of carboxylic acid groups (broad SMARTS) is 1. The molecular weight excluding hydrogens is 320 g/mol. The van der Waals surface area contributed by atoms with Gasteiger partial charge in [-0.1, -0.05) is 0 Å². The van der Waals surface area contributed by atoms with Gasteiger partial charge in [-0.15, -0.1) is 0 Å². The first-order chi connectivity index (χ1) is 10.6. The number of carbonyl (C=O) groups is 2. The summed E-state index contributed by atoms with van der Waals surface area (Å²) in [6, 6.07) is 5.55. The Balaban J connectivity index is 2.30. The molecule has 1 heterocycles. The second-order valence-electron chi connectivity index (χ2n) is 5.95. The van der Waals surface area contributed by atoms with Crippen molar-refractivity contribution in [3.05, 3.63) is 29.8 Å². The molecule has 1 aromatic carbocycles. The van der Waals surface area contributed by atoms with Crippen molar-refractivity contribution < 1.29 is 23.1 Å². The number of nitrogens with zero attached hydrogens (tertiary/aromatic N) is 2. The molecule has 23 heavy (non-hydrogen) atoms. The molecule has 1 atom stereocenters. The Labute approximate surface area is 135 Å². The lowest BCUT2D eigenvalue weighted by atomic mass is 9.98. The fourth-order valence-electron chi connectivity index (χ4n) is 2.65. The monoisotopic (exact) mass is 340 g/mol. The maximum absolute atomic E-state index is 12.6. The molecule has 0 spiro atoms. The third-order valence-corrected chi connectivity index (χ3v) is 6.06. The Bertz CT molecular complexity index is 727. The fourth-order valence-corrected chi connectivity index (χ4v) is 3.55. The summed E-state index contributed by atoms with van der Waals surface area (Å²) in [6.45, 7) is 1.91. The van der Waals surface area contributed by atoms with E-state index in [1.54, 1.807) is 0 Å². The molecule has 1 fully saturated rings. The third-order valence-electron chi connectivity index (χ3n) is 4.23. The van der Waals surface area contributed by atoms with Crippen molar-refractivity contribution >= 4 is 21.9 Å². The lowest BCUT2D eigenvalue weighted by Gasteiger charge is -2.31. The average molecular weight is 340 g/mol. The molecule has 1 aliphatic rings. The number of amides is 1. The number of aliphatic carboxylic acids is 1. The smallest absolute Gasteiger partial charge is 0.329 e. The first kappa shape index (κ1) is 17.4. The molecule has 8 heteroatoms. The standard InChI is InChI=1S/C15H20N2O5S/c1-15(14(19)20)9-4-10-17(15)13(18)11-5-7-12(8-6-11)23(21,22)16(2)3/h5-8H,4,9-10H2,1-3H3,(H,19,20). The zero-order valence-corrected chi connectivity index (χ0v) is 14.1. The van der Waals surface area contributed by atoms with Gasteiger partial charge in [0.2, 0.25) is 10.0 Å². The van der Waals surface area contributed by atoms with E-state index in [9.17, 15) is 23.1 Å². The molecule has 1 aromatic rings. The molecule has 126 valence electrons. The molecule has 7 nitrogen and oxygen atoms in total. The van der Waals surface area contributed by atoms with Crippen molar-refractivity contribution in [1.82, 2.24) is 9.21 Å². The summed E-state index contributed by atoms with van der Waals surface area (Å²) in [5.74, 6) is -1.43. The molecule has 0 bridgehead atoms. The minimum Gasteiger partial charge on any atom is -0.480 e. The van der Waals surface area contributed by atoms with E-state index in [1.165, 1.54) is 50.2 Å². The van der Waals surface area contributed by atoms with Gasteiger partial charge in [-0.2, -0.15) is 0 Å². The van der Waals surface area contributed by atoms with E-state index in [-0.39, 0.29) is 10.5 Å². The van der Waals surface area contributed by atoms with Gasteiger partial charge >= 0.3 is 5.97 Å². The first-order valence-electron chi connectivity index (χ1n) is 7.18. The van der Waals surface area contributed by atoms with Gasteiger partial charge in [0.15, 0.2) is 0 Å². The molecule has 1 amide bonds. The van der Waals surface area contributed by atoms with Crippen LogP contribution in [-0.4, -0.2) is 60.8 Å². The topological polar surface area (TPSA) is 95.0 Å². The van der Waals surface area contributed by atoms with Gasteiger partial charge in [-0.05, 0) is 44.0 Å². The molecule has 0 aliphatic carbocycles. The maximum Gasteiger partial charge on any atom is 0.329 e. The van der Waals surface area contributed by atoms with E-state index in [0.29, 0.717) is 19.4 Å². The summed E-state index contributed by atoms with van der Waals surface area (Å²) >= 11 is 0. The van der Waals surface area contributed by atoms with Gasteiger partial charge in [0, 0.05) is 26.2 Å². The van der Waals surface area contributed by atoms with E-state index in [0.717, 1.165) is 4.31 Å². The summed E-state index contributed by atoms with van der Waals surface area (Å²) in [4.78, 5) is 25.4. The Kier molecular flexibility index (Phi) is 4.50. The van der Waals surface area contributed by atoms with Gasteiger partial charge in [-0.25, -0.2) is 17.5 Å². The van der Waals surface area contributed by atoms with E-state index in [1.807, 2.05) is 0 Å². The number of sulfonamides is 1. The van der Waals surface area contributed by atoms with Crippen LogP contribution in [0.15, 0.2) is 29.2 Å². The highest BCUT2D eigenvalue weighted by Crippen LogP contribution is 2.31. The second-order valence-corrected chi connectivity index (χ2v) is 8.10. The van der Waals surface area contributed by atoms with Gasteiger partial charge in [0.05, 0.1) is 4.90 Å². The minimum atomic E-state index is -3.56. The van der Waals surface area contributed by atoms with Crippen molar-refractivity contribution in [2.24, 2.45) is 0 Å². The number of hydrogen-bond acceptors (Lipinski definition) is 4. The van der Waals surface area contributed by atoms with Gasteiger partial charge < -0.3 is 10.0 Å². The van der Waals surface area contributed by atoms with Crippen LogP contribution < -0.4 is 0 Å². The molecule has 1 N–H and O–H groups in total. The molecule has 0 saturated carbocycles. The maximum atomic E-state index is 12.6. The van der Waals surface area contributed by atoms with Crippen LogP contribution in [0.5, 0.6) is 0 Å². The Hall–Kier alpha value is -1.93. The molecule has 1 aliphatic heterocycles. The Morgan fingerprint density at radius 1 is 1.22 bits per heavy atom. The number of benzene rings is 1. The molecular formula is C15H20N2O5S. The summed E-state index contributed by atoms with van der Waals surface area (Å²) < 4.78 is 25.1. The summed E-state index contributed by atoms with van der Waals surface area (Å²) in [5.41, 5.74) is -0.942. The van der Waals surface area contributed by atoms with Crippen LogP contribution in [0.1, 0.15) is 30.1 Å². The number of carboxylic acids is 1. The van der Waals surface area contributed by atoms with Crippen LogP contribution in [0.25, 0.3) is 0 Å². The molecule has 1 saturated heterocycles. The quantitative estimate of drug-likeness (QED) is 0.883. The van der Waals surface area contributed by atoms with Crippen LogP contribution in [0, 0.1) is 0 Å². The number of carbonyl (C=O) groups excluding carboxylic acids is 1. The number of hydrogen-bond donors (Lipinski definition) is 1. The fraction of sp³-hybridized carbons (Fsp3) is 0.467. The van der Waals surface area contributed by atoms with Crippen molar-refractivity contribution in [3.63, 3.8) is 0 Å². The highest BCUT2D eigenvalue weighted by molar-refractivity contribution is 7.89. The van der Waals surface area contributed by atoms with Gasteiger partial charge in [0.25, 0.3) is 5.91 Å². The zero-order chi connectivity index (χ0) is 17.4. The normalized spacial score (nSPS) is 21.7. The number of rotatable bonds is 4. The second kappa shape index (κ2) is 5.93. The predicted octanol–water partition coefficient (Wildman–Crippen LogP) is 1.02.